The second-order valence-electron chi connectivity index (χ2n) is 6.54. The Balaban J connectivity index is 1.74. The van der Waals surface area contributed by atoms with E-state index in [2.05, 4.69) is 53.4 Å². The first-order valence-electron chi connectivity index (χ1n) is 9.25. The fraction of sp³-hybridized carbons (Fsp3) is 0. The van der Waals surface area contributed by atoms with E-state index in [1.165, 1.54) is 0 Å². The summed E-state index contributed by atoms with van der Waals surface area (Å²) < 4.78 is 0. The average molecular weight is 371 g/mol. The van der Waals surface area contributed by atoms with Gasteiger partial charge in [0, 0.05) is 17.1 Å². The monoisotopic (exact) mass is 371 g/mol. The van der Waals surface area contributed by atoms with Gasteiger partial charge < -0.3 is 4.90 Å². The van der Waals surface area contributed by atoms with Gasteiger partial charge in [0.05, 0.1) is 11.1 Å². The second kappa shape index (κ2) is 8.13. The largest absolute Gasteiger partial charge is 0.311 e. The Labute approximate surface area is 170 Å². The molecule has 0 amide bonds. The first kappa shape index (κ1) is 18.0. The molecule has 136 valence electrons. The first-order chi connectivity index (χ1) is 14.3. The number of anilines is 3. The highest BCUT2D eigenvalue weighted by molar-refractivity contribution is 5.78. The van der Waals surface area contributed by atoms with Crippen LogP contribution >= 0.6 is 0 Å². The molecule has 0 spiro atoms. The molecule has 3 nitrogen and oxygen atoms in total. The fourth-order valence-electron chi connectivity index (χ4n) is 3.32. The molecule has 0 fully saturated rings. The number of para-hydroxylation sites is 2. The molecule has 29 heavy (non-hydrogen) atoms. The van der Waals surface area contributed by atoms with Gasteiger partial charge in [-0.3, -0.25) is 0 Å². The van der Waals surface area contributed by atoms with E-state index in [0.29, 0.717) is 11.1 Å². The van der Waals surface area contributed by atoms with Crippen molar-refractivity contribution in [1.82, 2.24) is 0 Å². The van der Waals surface area contributed by atoms with Gasteiger partial charge in [-0.05, 0) is 59.7 Å². The maximum atomic E-state index is 9.28. The molecule has 4 rings (SSSR count). The van der Waals surface area contributed by atoms with Gasteiger partial charge >= 0.3 is 0 Å². The summed E-state index contributed by atoms with van der Waals surface area (Å²) in [5.41, 5.74) is 5.90. The van der Waals surface area contributed by atoms with Gasteiger partial charge in [-0.2, -0.15) is 10.5 Å². The van der Waals surface area contributed by atoms with E-state index in [1.54, 1.807) is 12.1 Å². The first-order valence-corrected chi connectivity index (χ1v) is 9.25. The molecule has 0 aliphatic carbocycles. The Morgan fingerprint density at radius 3 is 1.48 bits per heavy atom. The van der Waals surface area contributed by atoms with E-state index in [9.17, 15) is 5.26 Å². The molecule has 0 saturated carbocycles. The van der Waals surface area contributed by atoms with Crippen molar-refractivity contribution in [2.45, 2.75) is 0 Å². The van der Waals surface area contributed by atoms with E-state index in [0.717, 1.165) is 28.2 Å². The van der Waals surface area contributed by atoms with Crippen LogP contribution in [-0.4, -0.2) is 0 Å². The Kier molecular flexibility index (Phi) is 5.06. The number of nitrogens with zero attached hydrogens (tertiary/aromatic N) is 3. The molecule has 0 N–H and O–H groups in total. The van der Waals surface area contributed by atoms with Gasteiger partial charge in [-0.25, -0.2) is 0 Å². The molecule has 0 unspecified atom stereocenters. The van der Waals surface area contributed by atoms with Crippen LogP contribution in [0.3, 0.4) is 0 Å². The molecule has 0 aromatic heterocycles. The average Bonchev–Trinajstić information content (AvgIpc) is 2.81. The molecule has 4 aromatic carbocycles. The molecular formula is C26H17N3. The van der Waals surface area contributed by atoms with E-state index in [1.807, 2.05) is 54.6 Å². The van der Waals surface area contributed by atoms with Crippen LogP contribution in [0.4, 0.5) is 17.1 Å². The summed E-state index contributed by atoms with van der Waals surface area (Å²) in [7, 11) is 0. The third kappa shape index (κ3) is 3.72. The molecule has 0 saturated heterocycles. The summed E-state index contributed by atoms with van der Waals surface area (Å²) in [6, 6.07) is 38.2. The molecule has 3 heteroatoms. The molecule has 0 heterocycles. The van der Waals surface area contributed by atoms with Gasteiger partial charge in [0.2, 0.25) is 0 Å². The van der Waals surface area contributed by atoms with Gasteiger partial charge in [-0.1, -0.05) is 54.6 Å². The van der Waals surface area contributed by atoms with Crippen LogP contribution in [0.15, 0.2) is 103 Å². The van der Waals surface area contributed by atoms with Crippen molar-refractivity contribution in [2.75, 3.05) is 4.90 Å². The standard InChI is InChI=1S/C26H17N3/c27-18-22-12-11-21(17-23(22)19-28)20-13-15-26(16-14-20)29(24-7-3-1-4-8-24)25-9-5-2-6-10-25/h1-17H. The van der Waals surface area contributed by atoms with Crippen LogP contribution in [-0.2, 0) is 0 Å². The minimum absolute atomic E-state index is 0.393. The number of hydrogen-bond donors (Lipinski definition) is 0. The summed E-state index contributed by atoms with van der Waals surface area (Å²) in [6.07, 6.45) is 0. The van der Waals surface area contributed by atoms with Crippen molar-refractivity contribution in [1.29, 1.82) is 10.5 Å². The quantitative estimate of drug-likeness (QED) is 0.408. The van der Waals surface area contributed by atoms with Crippen molar-refractivity contribution >= 4 is 17.1 Å². The number of nitriles is 2. The van der Waals surface area contributed by atoms with Crippen LogP contribution in [0.25, 0.3) is 11.1 Å². The highest BCUT2D eigenvalue weighted by Gasteiger charge is 2.12. The maximum Gasteiger partial charge on any atom is 0.101 e. The van der Waals surface area contributed by atoms with Crippen molar-refractivity contribution in [3.8, 4) is 23.3 Å². The third-order valence-corrected chi connectivity index (χ3v) is 4.75. The van der Waals surface area contributed by atoms with Crippen LogP contribution < -0.4 is 4.90 Å². The van der Waals surface area contributed by atoms with Crippen LogP contribution in [0, 0.1) is 22.7 Å². The highest BCUT2D eigenvalue weighted by Crippen LogP contribution is 2.35. The Morgan fingerprint density at radius 1 is 0.483 bits per heavy atom. The van der Waals surface area contributed by atoms with E-state index >= 15 is 0 Å². The number of benzene rings is 4. The number of rotatable bonds is 4. The van der Waals surface area contributed by atoms with Crippen molar-refractivity contribution < 1.29 is 0 Å². The van der Waals surface area contributed by atoms with E-state index in [-0.39, 0.29) is 0 Å². The molecule has 4 aromatic rings. The van der Waals surface area contributed by atoms with Gasteiger partial charge in [-0.15, -0.1) is 0 Å². The van der Waals surface area contributed by atoms with E-state index < -0.39 is 0 Å². The number of hydrogen-bond acceptors (Lipinski definition) is 3. The Hall–Kier alpha value is -4.34. The molecular weight excluding hydrogens is 354 g/mol. The zero-order chi connectivity index (χ0) is 20.1. The molecule has 0 aliphatic heterocycles. The zero-order valence-electron chi connectivity index (χ0n) is 15.7. The third-order valence-electron chi connectivity index (χ3n) is 4.75. The van der Waals surface area contributed by atoms with Gasteiger partial charge in [0.1, 0.15) is 12.1 Å². The second-order valence-corrected chi connectivity index (χ2v) is 6.54. The Morgan fingerprint density at radius 2 is 0.966 bits per heavy atom. The normalized spacial score (nSPS) is 10.0. The lowest BCUT2D eigenvalue weighted by molar-refractivity contribution is 1.28. The van der Waals surface area contributed by atoms with Crippen molar-refractivity contribution in [3.05, 3.63) is 114 Å². The van der Waals surface area contributed by atoms with Gasteiger partial charge in [0.15, 0.2) is 0 Å². The Bertz CT molecular complexity index is 1160. The van der Waals surface area contributed by atoms with Crippen LogP contribution in [0.2, 0.25) is 0 Å². The predicted octanol–water partition coefficient (Wildman–Crippen LogP) is 6.57. The molecule has 0 atom stereocenters. The van der Waals surface area contributed by atoms with E-state index in [4.69, 9.17) is 5.26 Å². The molecule has 0 radical (unpaired) electrons. The predicted molar refractivity (Wildman–Crippen MR) is 116 cm³/mol. The van der Waals surface area contributed by atoms with Gasteiger partial charge in [0.25, 0.3) is 0 Å². The minimum Gasteiger partial charge on any atom is -0.311 e. The summed E-state index contributed by atoms with van der Waals surface area (Å²) in [5.74, 6) is 0. The molecule has 0 bridgehead atoms. The lowest BCUT2D eigenvalue weighted by atomic mass is 10.00. The highest BCUT2D eigenvalue weighted by atomic mass is 15.1. The minimum atomic E-state index is 0.393. The van der Waals surface area contributed by atoms with Crippen LogP contribution in [0.5, 0.6) is 0 Å². The maximum absolute atomic E-state index is 9.28. The summed E-state index contributed by atoms with van der Waals surface area (Å²) in [5, 5.41) is 18.4. The SMILES string of the molecule is N#Cc1ccc(-c2ccc(N(c3ccccc3)c3ccccc3)cc2)cc1C#N. The summed E-state index contributed by atoms with van der Waals surface area (Å²) in [6.45, 7) is 0. The van der Waals surface area contributed by atoms with Crippen molar-refractivity contribution in [3.63, 3.8) is 0 Å². The van der Waals surface area contributed by atoms with Crippen molar-refractivity contribution in [2.24, 2.45) is 0 Å². The zero-order valence-corrected chi connectivity index (χ0v) is 15.7. The summed E-state index contributed by atoms with van der Waals surface area (Å²) in [4.78, 5) is 2.20. The topological polar surface area (TPSA) is 50.8 Å². The molecule has 0 aliphatic rings. The lowest BCUT2D eigenvalue weighted by Crippen LogP contribution is -2.09. The fourth-order valence-corrected chi connectivity index (χ4v) is 3.32. The van der Waals surface area contributed by atoms with Crippen LogP contribution in [0.1, 0.15) is 11.1 Å². The smallest absolute Gasteiger partial charge is 0.101 e. The lowest BCUT2D eigenvalue weighted by Gasteiger charge is -2.25. The summed E-state index contributed by atoms with van der Waals surface area (Å²) >= 11 is 0.